The van der Waals surface area contributed by atoms with Crippen molar-refractivity contribution >= 4 is 22.6 Å². The number of carbonyl (C=O) groups is 1. The monoisotopic (exact) mass is 272 g/mol. The molecule has 1 fully saturated rings. The normalized spacial score (nSPS) is 19.2. The molecule has 1 aliphatic heterocycles. The summed E-state index contributed by atoms with van der Waals surface area (Å²) in [5.41, 5.74) is 8.43. The van der Waals surface area contributed by atoms with E-state index in [2.05, 4.69) is 21.8 Å². The maximum Gasteiger partial charge on any atom is 0.243 e. The lowest BCUT2D eigenvalue weighted by Crippen LogP contribution is -2.38. The van der Waals surface area contributed by atoms with E-state index in [0.717, 1.165) is 49.1 Å². The number of aryl methyl sites for hydroxylation is 1. The zero-order chi connectivity index (χ0) is 14.1. The van der Waals surface area contributed by atoms with Gasteiger partial charge >= 0.3 is 0 Å². The Morgan fingerprint density at radius 3 is 3.10 bits per heavy atom. The van der Waals surface area contributed by atoms with Crippen molar-refractivity contribution in [3.8, 4) is 0 Å². The number of amides is 1. The molecule has 3 rings (SSSR count). The quantitative estimate of drug-likeness (QED) is 0.840. The summed E-state index contributed by atoms with van der Waals surface area (Å²) in [6, 6.07) is 5.58. The lowest BCUT2D eigenvalue weighted by molar-refractivity contribution is -0.125. The number of piperidine rings is 1. The van der Waals surface area contributed by atoms with E-state index in [1.165, 1.54) is 0 Å². The van der Waals surface area contributed by atoms with Crippen molar-refractivity contribution in [3.63, 3.8) is 0 Å². The number of rotatable bonds is 3. The highest BCUT2D eigenvalue weighted by Crippen LogP contribution is 2.28. The second kappa shape index (κ2) is 5.15. The smallest absolute Gasteiger partial charge is 0.243 e. The molecule has 3 N–H and O–H groups in total. The van der Waals surface area contributed by atoms with Gasteiger partial charge in [-0.25, -0.2) is 4.98 Å². The molecule has 1 unspecified atom stereocenters. The molecule has 5 nitrogen and oxygen atoms in total. The number of hydrogen-bond acceptors (Lipinski definition) is 3. The van der Waals surface area contributed by atoms with Crippen molar-refractivity contribution in [2.24, 2.45) is 0 Å². The summed E-state index contributed by atoms with van der Waals surface area (Å²) < 4.78 is 2.10. The molecule has 0 radical (unpaired) electrons. The molecular formula is C15H20N4O. The number of nitrogens with one attached hydrogen (secondary N) is 1. The number of benzene rings is 1. The molecule has 5 heteroatoms. The van der Waals surface area contributed by atoms with E-state index in [0.29, 0.717) is 5.69 Å². The minimum absolute atomic E-state index is 0.102. The lowest BCUT2D eigenvalue weighted by atomic mass is 10.1. The molecule has 1 saturated heterocycles. The number of carbonyl (C=O) groups excluding carboxylic acids is 1. The molecule has 2 heterocycles. The molecule has 106 valence electrons. The fourth-order valence-electron chi connectivity index (χ4n) is 2.92. The third-order valence-corrected chi connectivity index (χ3v) is 3.83. The molecule has 0 saturated carbocycles. The molecule has 1 atom stereocenters. The van der Waals surface area contributed by atoms with E-state index in [4.69, 9.17) is 5.73 Å². The van der Waals surface area contributed by atoms with Crippen LogP contribution in [-0.4, -0.2) is 22.0 Å². The standard InChI is InChI=1S/C15H20N4O/c1-2-4-14-18-11-9-10(16)6-7-12(11)19(14)13-5-3-8-17-15(13)20/h6-7,9,13H,2-5,8,16H2,1H3,(H,17,20). The number of hydrogen-bond donors (Lipinski definition) is 2. The minimum atomic E-state index is -0.140. The first-order valence-corrected chi connectivity index (χ1v) is 7.24. The van der Waals surface area contributed by atoms with Crippen LogP contribution in [0.4, 0.5) is 5.69 Å². The maximum atomic E-state index is 12.2. The van der Waals surface area contributed by atoms with Gasteiger partial charge in [-0.05, 0) is 37.5 Å². The van der Waals surface area contributed by atoms with Gasteiger partial charge in [0.25, 0.3) is 0 Å². The summed E-state index contributed by atoms with van der Waals surface area (Å²) in [6.45, 7) is 2.90. The first kappa shape index (κ1) is 13.0. The summed E-state index contributed by atoms with van der Waals surface area (Å²) in [7, 11) is 0. The second-order valence-corrected chi connectivity index (χ2v) is 5.35. The van der Waals surface area contributed by atoms with Crippen molar-refractivity contribution in [1.82, 2.24) is 14.9 Å². The van der Waals surface area contributed by atoms with E-state index < -0.39 is 0 Å². The first-order valence-electron chi connectivity index (χ1n) is 7.24. The number of nitrogens with zero attached hydrogens (tertiary/aromatic N) is 2. The van der Waals surface area contributed by atoms with Crippen molar-refractivity contribution in [1.29, 1.82) is 0 Å². The van der Waals surface area contributed by atoms with Crippen LogP contribution in [0.25, 0.3) is 11.0 Å². The highest BCUT2D eigenvalue weighted by Gasteiger charge is 2.27. The van der Waals surface area contributed by atoms with E-state index in [1.54, 1.807) is 0 Å². The van der Waals surface area contributed by atoms with Crippen molar-refractivity contribution in [3.05, 3.63) is 24.0 Å². The Morgan fingerprint density at radius 2 is 2.35 bits per heavy atom. The third-order valence-electron chi connectivity index (χ3n) is 3.83. The van der Waals surface area contributed by atoms with Crippen LogP contribution in [0.15, 0.2) is 18.2 Å². The summed E-state index contributed by atoms with van der Waals surface area (Å²) >= 11 is 0. The molecule has 0 aliphatic carbocycles. The lowest BCUT2D eigenvalue weighted by Gasteiger charge is -2.25. The summed E-state index contributed by atoms with van der Waals surface area (Å²) in [5.74, 6) is 1.08. The molecule has 2 aromatic rings. The van der Waals surface area contributed by atoms with Gasteiger partial charge in [0.05, 0.1) is 11.0 Å². The Morgan fingerprint density at radius 1 is 1.50 bits per heavy atom. The topological polar surface area (TPSA) is 72.9 Å². The van der Waals surface area contributed by atoms with Crippen molar-refractivity contribution in [2.75, 3.05) is 12.3 Å². The van der Waals surface area contributed by atoms with Gasteiger partial charge in [-0.1, -0.05) is 6.92 Å². The number of nitrogens with two attached hydrogens (primary N) is 1. The van der Waals surface area contributed by atoms with Crippen LogP contribution in [0.3, 0.4) is 0 Å². The molecular weight excluding hydrogens is 252 g/mol. The second-order valence-electron chi connectivity index (χ2n) is 5.35. The predicted octanol–water partition coefficient (Wildman–Crippen LogP) is 2.02. The van der Waals surface area contributed by atoms with Gasteiger partial charge in [0.1, 0.15) is 11.9 Å². The van der Waals surface area contributed by atoms with Crippen molar-refractivity contribution < 1.29 is 4.79 Å². The summed E-state index contributed by atoms with van der Waals surface area (Å²) in [4.78, 5) is 16.9. The van der Waals surface area contributed by atoms with Gasteiger partial charge in [-0.2, -0.15) is 0 Å². The molecule has 1 aliphatic rings. The SMILES string of the molecule is CCCc1nc2cc(N)ccc2n1C1CCCNC1=O. The molecule has 20 heavy (non-hydrogen) atoms. The van der Waals surface area contributed by atoms with E-state index in [1.807, 2.05) is 18.2 Å². The van der Waals surface area contributed by atoms with Crippen LogP contribution in [0.2, 0.25) is 0 Å². The van der Waals surface area contributed by atoms with E-state index in [9.17, 15) is 4.79 Å². The Labute approximate surface area is 118 Å². The number of imidazole rings is 1. The number of aromatic nitrogens is 2. The van der Waals surface area contributed by atoms with E-state index >= 15 is 0 Å². The Hall–Kier alpha value is -2.04. The molecule has 1 aromatic carbocycles. The Kier molecular flexibility index (Phi) is 3.34. The highest BCUT2D eigenvalue weighted by atomic mass is 16.2. The van der Waals surface area contributed by atoms with Crippen LogP contribution in [0.5, 0.6) is 0 Å². The van der Waals surface area contributed by atoms with Crippen LogP contribution in [0, 0.1) is 0 Å². The zero-order valence-electron chi connectivity index (χ0n) is 11.7. The Bertz CT molecular complexity index is 647. The molecule has 1 amide bonds. The number of nitrogen functional groups attached to an aromatic ring is 1. The number of fused-ring (bicyclic) bond motifs is 1. The average molecular weight is 272 g/mol. The fourth-order valence-corrected chi connectivity index (χ4v) is 2.92. The average Bonchev–Trinajstić information content (AvgIpc) is 2.77. The van der Waals surface area contributed by atoms with Gasteiger partial charge in [-0.15, -0.1) is 0 Å². The van der Waals surface area contributed by atoms with Crippen LogP contribution in [-0.2, 0) is 11.2 Å². The predicted molar refractivity (Wildman–Crippen MR) is 79.4 cm³/mol. The van der Waals surface area contributed by atoms with Crippen molar-refractivity contribution in [2.45, 2.75) is 38.6 Å². The summed E-state index contributed by atoms with van der Waals surface area (Å²) in [5, 5.41) is 2.95. The first-order chi connectivity index (χ1) is 9.70. The van der Waals surface area contributed by atoms with Crippen LogP contribution >= 0.6 is 0 Å². The number of anilines is 1. The van der Waals surface area contributed by atoms with Gasteiger partial charge in [0, 0.05) is 18.7 Å². The van der Waals surface area contributed by atoms with Gasteiger partial charge in [-0.3, -0.25) is 4.79 Å². The van der Waals surface area contributed by atoms with Gasteiger partial charge < -0.3 is 15.6 Å². The van der Waals surface area contributed by atoms with Crippen LogP contribution < -0.4 is 11.1 Å². The minimum Gasteiger partial charge on any atom is -0.399 e. The highest BCUT2D eigenvalue weighted by molar-refractivity contribution is 5.86. The molecule has 1 aromatic heterocycles. The molecule has 0 bridgehead atoms. The van der Waals surface area contributed by atoms with Crippen LogP contribution in [0.1, 0.15) is 38.1 Å². The van der Waals surface area contributed by atoms with E-state index in [-0.39, 0.29) is 11.9 Å². The third kappa shape index (κ3) is 2.13. The maximum absolute atomic E-state index is 12.2. The fraction of sp³-hybridized carbons (Fsp3) is 0.467. The Balaban J connectivity index is 2.15. The van der Waals surface area contributed by atoms with Gasteiger partial charge in [0.15, 0.2) is 0 Å². The summed E-state index contributed by atoms with van der Waals surface area (Å²) in [6.07, 6.45) is 3.76. The van der Waals surface area contributed by atoms with Gasteiger partial charge in [0.2, 0.25) is 5.91 Å². The zero-order valence-corrected chi connectivity index (χ0v) is 11.7. The largest absolute Gasteiger partial charge is 0.399 e. The molecule has 0 spiro atoms.